The van der Waals surface area contributed by atoms with E-state index in [0.29, 0.717) is 23.8 Å². The first-order valence-corrected chi connectivity index (χ1v) is 12.4. The number of alkyl halides is 3. The van der Waals surface area contributed by atoms with Crippen molar-refractivity contribution >= 4 is 17.7 Å². The molecule has 0 fully saturated rings. The van der Waals surface area contributed by atoms with Crippen LogP contribution in [0.4, 0.5) is 13.2 Å². The van der Waals surface area contributed by atoms with E-state index >= 15 is 0 Å². The lowest BCUT2D eigenvalue weighted by Crippen LogP contribution is -2.13. The lowest BCUT2D eigenvalue weighted by molar-refractivity contribution is -0.137. The number of unbranched alkanes of at least 4 members (excludes halogenated alkanes) is 1. The molecule has 2 aromatic carbocycles. The molecule has 0 bridgehead atoms. The number of carbonyl (C=O) groups excluding carboxylic acids is 1. The molecule has 0 spiro atoms. The topological polar surface area (TPSA) is 73.8 Å². The molecule has 3 aromatic rings. The minimum atomic E-state index is -4.35. The maximum atomic E-state index is 12.9. The van der Waals surface area contributed by atoms with Crippen LogP contribution in [0.5, 0.6) is 0 Å². The van der Waals surface area contributed by atoms with Crippen molar-refractivity contribution in [2.75, 3.05) is 0 Å². The van der Waals surface area contributed by atoms with Crippen molar-refractivity contribution in [3.05, 3.63) is 71.5 Å². The third-order valence-corrected chi connectivity index (χ3v) is 6.57. The van der Waals surface area contributed by atoms with Crippen LogP contribution in [0.25, 0.3) is 5.69 Å². The normalized spacial score (nSPS) is 12.6. The Hall–Kier alpha value is -2.81. The zero-order valence-corrected chi connectivity index (χ0v) is 19.9. The molecule has 2 N–H and O–H groups in total. The predicted octanol–water partition coefficient (Wildman–Crippen LogP) is 6.51. The van der Waals surface area contributed by atoms with Crippen molar-refractivity contribution in [1.29, 1.82) is 0 Å². The van der Waals surface area contributed by atoms with E-state index in [1.54, 1.807) is 0 Å². The number of amides is 1. The van der Waals surface area contributed by atoms with Crippen LogP contribution in [-0.4, -0.2) is 20.7 Å². The molecule has 1 heterocycles. The van der Waals surface area contributed by atoms with Crippen molar-refractivity contribution < 1.29 is 18.0 Å². The summed E-state index contributed by atoms with van der Waals surface area (Å²) >= 11 is 1.43. The molecule has 9 heteroatoms. The molecule has 1 amide bonds. The van der Waals surface area contributed by atoms with Gasteiger partial charge in [-0.3, -0.25) is 9.36 Å². The smallest absolute Gasteiger partial charge is 0.370 e. The average molecular weight is 491 g/mol. The molecule has 0 aliphatic carbocycles. The Bertz CT molecular complexity index is 1050. The van der Waals surface area contributed by atoms with Crippen molar-refractivity contribution in [3.63, 3.8) is 0 Å². The van der Waals surface area contributed by atoms with Gasteiger partial charge in [0.15, 0.2) is 5.16 Å². The van der Waals surface area contributed by atoms with Crippen molar-refractivity contribution in [2.45, 2.75) is 68.5 Å². The van der Waals surface area contributed by atoms with Gasteiger partial charge in [-0.1, -0.05) is 61.9 Å². The summed E-state index contributed by atoms with van der Waals surface area (Å²) in [7, 11) is 0. The fourth-order valence-corrected chi connectivity index (χ4v) is 4.69. The van der Waals surface area contributed by atoms with Gasteiger partial charge >= 0.3 is 6.18 Å². The lowest BCUT2D eigenvalue weighted by Gasteiger charge is -2.18. The van der Waals surface area contributed by atoms with Crippen LogP contribution < -0.4 is 5.73 Å². The first kappa shape index (κ1) is 25.8. The highest BCUT2D eigenvalue weighted by Crippen LogP contribution is 2.34. The van der Waals surface area contributed by atoms with Gasteiger partial charge in [0.05, 0.1) is 5.56 Å². The minimum absolute atomic E-state index is 0.118. The number of para-hydroxylation sites is 1. The number of primary amides is 1. The Morgan fingerprint density at radius 3 is 2.32 bits per heavy atom. The highest BCUT2D eigenvalue weighted by molar-refractivity contribution is 7.98. The van der Waals surface area contributed by atoms with Gasteiger partial charge in [0, 0.05) is 23.8 Å². The monoisotopic (exact) mass is 490 g/mol. The molecule has 0 aliphatic rings. The van der Waals surface area contributed by atoms with Gasteiger partial charge in [0.2, 0.25) is 5.91 Å². The van der Waals surface area contributed by atoms with Crippen LogP contribution in [0, 0.1) is 0 Å². The van der Waals surface area contributed by atoms with E-state index in [0.717, 1.165) is 54.9 Å². The standard InChI is InChI=1S/C25H29F3N4OS/c1-2-3-8-19(9-7-12-22(29)33)23-30-31-24(32(23)21-10-5-4-6-11-21)34-17-18-13-15-20(16-14-18)25(26,27)28/h4-6,10-11,13-16,19H,2-3,7-9,12,17H2,1H3,(H2,29,33). The molecule has 3 rings (SSSR count). The van der Waals surface area contributed by atoms with Crippen molar-refractivity contribution in [1.82, 2.24) is 14.8 Å². The van der Waals surface area contributed by atoms with E-state index < -0.39 is 11.7 Å². The third kappa shape index (κ3) is 7.09. The molecule has 1 atom stereocenters. The SMILES string of the molecule is CCCCC(CCCC(N)=O)c1nnc(SCc2ccc(C(F)(F)F)cc2)n1-c1ccccc1. The first-order chi connectivity index (χ1) is 16.3. The summed E-state index contributed by atoms with van der Waals surface area (Å²) in [6.07, 6.45) is 0.423. The van der Waals surface area contributed by atoms with E-state index in [1.165, 1.54) is 23.9 Å². The van der Waals surface area contributed by atoms with Gasteiger partial charge in [0.1, 0.15) is 5.82 Å². The molecule has 0 radical (unpaired) electrons. The average Bonchev–Trinajstić information content (AvgIpc) is 3.23. The number of thioether (sulfide) groups is 1. The Morgan fingerprint density at radius 2 is 1.71 bits per heavy atom. The maximum absolute atomic E-state index is 12.9. The molecular weight excluding hydrogens is 461 g/mol. The van der Waals surface area contributed by atoms with Crippen LogP contribution in [0.1, 0.15) is 68.3 Å². The van der Waals surface area contributed by atoms with Crippen LogP contribution in [0.2, 0.25) is 0 Å². The number of nitrogens with two attached hydrogens (primary N) is 1. The summed E-state index contributed by atoms with van der Waals surface area (Å²) < 4.78 is 40.6. The van der Waals surface area contributed by atoms with Gasteiger partial charge in [-0.05, 0) is 49.1 Å². The number of hydrogen-bond acceptors (Lipinski definition) is 4. The van der Waals surface area contributed by atoms with Gasteiger partial charge in [0.25, 0.3) is 0 Å². The Balaban J connectivity index is 1.86. The molecule has 1 unspecified atom stereocenters. The summed E-state index contributed by atoms with van der Waals surface area (Å²) in [5.41, 5.74) is 6.37. The number of aromatic nitrogens is 3. The third-order valence-electron chi connectivity index (χ3n) is 5.57. The fourth-order valence-electron chi connectivity index (χ4n) is 3.77. The minimum Gasteiger partial charge on any atom is -0.370 e. The van der Waals surface area contributed by atoms with Crippen molar-refractivity contribution in [2.24, 2.45) is 5.73 Å². The number of nitrogens with zero attached hydrogens (tertiary/aromatic N) is 3. The summed E-state index contributed by atoms with van der Waals surface area (Å²) in [5.74, 6) is 1.10. The molecular formula is C25H29F3N4OS. The second-order valence-electron chi connectivity index (χ2n) is 8.19. The van der Waals surface area contributed by atoms with E-state index in [4.69, 9.17) is 5.73 Å². The number of halogens is 3. The Labute approximate surface area is 202 Å². The van der Waals surface area contributed by atoms with Crippen LogP contribution in [0.15, 0.2) is 59.8 Å². The van der Waals surface area contributed by atoms with Crippen LogP contribution in [0.3, 0.4) is 0 Å². The van der Waals surface area contributed by atoms with E-state index in [-0.39, 0.29) is 11.8 Å². The fraction of sp³-hybridized carbons (Fsp3) is 0.400. The zero-order chi connectivity index (χ0) is 24.6. The summed E-state index contributed by atoms with van der Waals surface area (Å²) in [6.45, 7) is 2.13. The van der Waals surface area contributed by atoms with Crippen LogP contribution in [-0.2, 0) is 16.7 Å². The largest absolute Gasteiger partial charge is 0.416 e. The van der Waals surface area contributed by atoms with Crippen LogP contribution >= 0.6 is 11.8 Å². The molecule has 0 saturated carbocycles. The molecule has 0 aliphatic heterocycles. The van der Waals surface area contributed by atoms with Gasteiger partial charge in [-0.2, -0.15) is 13.2 Å². The molecule has 182 valence electrons. The van der Waals surface area contributed by atoms with E-state index in [9.17, 15) is 18.0 Å². The van der Waals surface area contributed by atoms with E-state index in [2.05, 4.69) is 17.1 Å². The summed E-state index contributed by atoms with van der Waals surface area (Å²) in [6, 6.07) is 15.0. The predicted molar refractivity (Wildman–Crippen MR) is 128 cm³/mol. The first-order valence-electron chi connectivity index (χ1n) is 11.4. The summed E-state index contributed by atoms with van der Waals surface area (Å²) in [5, 5.41) is 9.65. The summed E-state index contributed by atoms with van der Waals surface area (Å²) in [4.78, 5) is 11.2. The highest BCUT2D eigenvalue weighted by atomic mass is 32.2. The molecule has 0 saturated heterocycles. The lowest BCUT2D eigenvalue weighted by atomic mass is 9.94. The van der Waals surface area contributed by atoms with Gasteiger partial charge in [-0.15, -0.1) is 10.2 Å². The number of benzene rings is 2. The van der Waals surface area contributed by atoms with Crippen molar-refractivity contribution in [3.8, 4) is 5.69 Å². The number of hydrogen-bond donors (Lipinski definition) is 1. The molecule has 34 heavy (non-hydrogen) atoms. The van der Waals surface area contributed by atoms with E-state index in [1.807, 2.05) is 34.9 Å². The zero-order valence-electron chi connectivity index (χ0n) is 19.1. The second kappa shape index (κ2) is 12.1. The maximum Gasteiger partial charge on any atom is 0.416 e. The van der Waals surface area contributed by atoms with Gasteiger partial charge in [-0.25, -0.2) is 0 Å². The Kier molecular flexibility index (Phi) is 9.15. The quantitative estimate of drug-likeness (QED) is 0.294. The second-order valence-corrected chi connectivity index (χ2v) is 9.14. The number of rotatable bonds is 12. The molecule has 5 nitrogen and oxygen atoms in total. The highest BCUT2D eigenvalue weighted by Gasteiger charge is 2.30. The molecule has 1 aromatic heterocycles. The Morgan fingerprint density at radius 1 is 1.03 bits per heavy atom. The number of carbonyl (C=O) groups is 1. The van der Waals surface area contributed by atoms with Gasteiger partial charge < -0.3 is 5.73 Å².